The number of hydrogen-bond acceptors (Lipinski definition) is 2. The summed E-state index contributed by atoms with van der Waals surface area (Å²) in [5.41, 5.74) is 6.05. The van der Waals surface area contributed by atoms with Crippen LogP contribution in [-0.2, 0) is 4.74 Å². The van der Waals surface area contributed by atoms with Crippen molar-refractivity contribution in [3.63, 3.8) is 0 Å². The van der Waals surface area contributed by atoms with E-state index in [4.69, 9.17) is 10.5 Å². The fraction of sp³-hybridized carbons (Fsp3) is 1.00. The van der Waals surface area contributed by atoms with E-state index in [0.29, 0.717) is 0 Å². The van der Waals surface area contributed by atoms with Gasteiger partial charge in [0.15, 0.2) is 0 Å². The van der Waals surface area contributed by atoms with Crippen molar-refractivity contribution in [3.05, 3.63) is 0 Å². The molecule has 0 aromatic rings. The van der Waals surface area contributed by atoms with Crippen LogP contribution in [0.1, 0.15) is 19.3 Å². The molecule has 2 unspecified atom stereocenters. The highest BCUT2D eigenvalue weighted by Crippen LogP contribution is 2.36. The number of rotatable bonds is 0. The van der Waals surface area contributed by atoms with E-state index in [2.05, 4.69) is 0 Å². The quantitative estimate of drug-likeness (QED) is 0.577. The highest BCUT2D eigenvalue weighted by molar-refractivity contribution is 5.85. The molecule has 2 nitrogen and oxygen atoms in total. The highest BCUT2D eigenvalue weighted by Gasteiger charge is 2.39. The lowest BCUT2D eigenvalue weighted by Crippen LogP contribution is -2.44. The molecule has 1 saturated heterocycles. The van der Waals surface area contributed by atoms with Crippen molar-refractivity contribution in [2.45, 2.75) is 24.8 Å². The van der Waals surface area contributed by atoms with E-state index in [1.807, 2.05) is 0 Å². The van der Waals surface area contributed by atoms with Gasteiger partial charge in [-0.3, -0.25) is 0 Å². The zero-order chi connectivity index (χ0) is 6.32. The molecule has 2 atom stereocenters. The molecule has 0 radical (unpaired) electrons. The molecule has 2 bridgehead atoms. The number of fused-ring (bicyclic) bond motifs is 2. The molecule has 1 saturated carbocycles. The Hall–Kier alpha value is 0.210. The van der Waals surface area contributed by atoms with Crippen molar-refractivity contribution in [2.24, 2.45) is 11.7 Å². The number of hydrogen-bond donors (Lipinski definition) is 1. The molecule has 0 aromatic carbocycles. The Bertz CT molecular complexity index is 127. The lowest BCUT2D eigenvalue weighted by atomic mass is 9.97. The SMILES string of the molecule is Cl.NC12CCC(COC1)C2. The highest BCUT2D eigenvalue weighted by atomic mass is 35.5. The molecule has 1 aliphatic carbocycles. The van der Waals surface area contributed by atoms with Gasteiger partial charge in [-0.15, -0.1) is 12.4 Å². The van der Waals surface area contributed by atoms with Crippen molar-refractivity contribution in [2.75, 3.05) is 13.2 Å². The van der Waals surface area contributed by atoms with Crippen molar-refractivity contribution in [1.82, 2.24) is 0 Å². The molecule has 2 aliphatic rings. The van der Waals surface area contributed by atoms with Gasteiger partial charge < -0.3 is 10.5 Å². The topological polar surface area (TPSA) is 35.2 Å². The monoisotopic (exact) mass is 163 g/mol. The maximum absolute atomic E-state index is 5.98. The zero-order valence-electron chi connectivity index (χ0n) is 6.01. The number of nitrogens with two attached hydrogens (primary N) is 1. The van der Waals surface area contributed by atoms with Crippen LogP contribution in [0.4, 0.5) is 0 Å². The summed E-state index contributed by atoms with van der Waals surface area (Å²) in [7, 11) is 0. The van der Waals surface area contributed by atoms with E-state index < -0.39 is 0 Å². The van der Waals surface area contributed by atoms with E-state index in [-0.39, 0.29) is 17.9 Å². The smallest absolute Gasteiger partial charge is 0.0646 e. The first kappa shape index (κ1) is 8.31. The fourth-order valence-electron chi connectivity index (χ4n) is 1.97. The predicted molar refractivity (Wildman–Crippen MR) is 42.3 cm³/mol. The third-order valence-electron chi connectivity index (χ3n) is 2.49. The molecule has 2 fully saturated rings. The minimum atomic E-state index is 0. The van der Waals surface area contributed by atoms with Crippen LogP contribution < -0.4 is 5.73 Å². The third kappa shape index (κ3) is 1.29. The molecule has 0 aromatic heterocycles. The van der Waals surface area contributed by atoms with Crippen molar-refractivity contribution in [3.8, 4) is 0 Å². The van der Waals surface area contributed by atoms with Crippen LogP contribution in [0.2, 0.25) is 0 Å². The fourth-order valence-corrected chi connectivity index (χ4v) is 1.97. The summed E-state index contributed by atoms with van der Waals surface area (Å²) in [6, 6.07) is 0. The molecule has 1 heterocycles. The first-order valence-electron chi connectivity index (χ1n) is 3.65. The predicted octanol–water partition coefficient (Wildman–Crippen LogP) is 0.936. The normalized spacial score (nSPS) is 44.7. The van der Waals surface area contributed by atoms with Gasteiger partial charge in [0.1, 0.15) is 0 Å². The minimum Gasteiger partial charge on any atom is -0.379 e. The van der Waals surface area contributed by atoms with Crippen LogP contribution in [0.25, 0.3) is 0 Å². The minimum absolute atomic E-state index is 0. The molecule has 3 heteroatoms. The molecule has 2 rings (SSSR count). The summed E-state index contributed by atoms with van der Waals surface area (Å²) in [6.07, 6.45) is 3.67. The Morgan fingerprint density at radius 3 is 2.90 bits per heavy atom. The van der Waals surface area contributed by atoms with Crippen LogP contribution in [0.3, 0.4) is 0 Å². The third-order valence-corrected chi connectivity index (χ3v) is 2.49. The Morgan fingerprint density at radius 1 is 1.50 bits per heavy atom. The van der Waals surface area contributed by atoms with E-state index in [1.54, 1.807) is 0 Å². The zero-order valence-corrected chi connectivity index (χ0v) is 6.82. The summed E-state index contributed by atoms with van der Waals surface area (Å²) in [4.78, 5) is 0. The Balaban J connectivity index is 0.000000500. The van der Waals surface area contributed by atoms with Gasteiger partial charge in [0.05, 0.1) is 6.61 Å². The van der Waals surface area contributed by atoms with Gasteiger partial charge in [0.25, 0.3) is 0 Å². The van der Waals surface area contributed by atoms with Crippen LogP contribution in [0, 0.1) is 5.92 Å². The Kier molecular flexibility index (Phi) is 2.23. The molecular formula is C7H14ClNO. The molecule has 10 heavy (non-hydrogen) atoms. The summed E-state index contributed by atoms with van der Waals surface area (Å²) in [6.45, 7) is 1.75. The van der Waals surface area contributed by atoms with Gasteiger partial charge in [-0.05, 0) is 25.2 Å². The molecule has 2 N–H and O–H groups in total. The Labute approximate surface area is 67.5 Å². The number of ether oxygens (including phenoxy) is 1. The van der Waals surface area contributed by atoms with Crippen LogP contribution in [0.15, 0.2) is 0 Å². The van der Waals surface area contributed by atoms with Gasteiger partial charge in [0, 0.05) is 12.1 Å². The average Bonchev–Trinajstić information content (AvgIpc) is 2.07. The van der Waals surface area contributed by atoms with Gasteiger partial charge >= 0.3 is 0 Å². The Morgan fingerprint density at radius 2 is 2.30 bits per heavy atom. The van der Waals surface area contributed by atoms with Gasteiger partial charge in [-0.1, -0.05) is 0 Å². The molecular weight excluding hydrogens is 150 g/mol. The number of halogens is 1. The molecule has 60 valence electrons. The maximum Gasteiger partial charge on any atom is 0.0646 e. The lowest BCUT2D eigenvalue weighted by Gasteiger charge is -2.28. The standard InChI is InChI=1S/C7H13NO.ClH/c8-7-2-1-6(3-7)4-9-5-7;/h6H,1-5,8H2;1H. The van der Waals surface area contributed by atoms with Crippen LogP contribution >= 0.6 is 12.4 Å². The molecule has 0 spiro atoms. The summed E-state index contributed by atoms with van der Waals surface area (Å²) in [5, 5.41) is 0. The second-order valence-corrected chi connectivity index (χ2v) is 3.49. The molecule has 1 aliphatic heterocycles. The molecule has 0 amide bonds. The van der Waals surface area contributed by atoms with E-state index in [9.17, 15) is 0 Å². The summed E-state index contributed by atoms with van der Waals surface area (Å²) >= 11 is 0. The van der Waals surface area contributed by atoms with Crippen LogP contribution in [-0.4, -0.2) is 18.8 Å². The summed E-state index contributed by atoms with van der Waals surface area (Å²) in [5.74, 6) is 0.781. The van der Waals surface area contributed by atoms with E-state index in [0.717, 1.165) is 19.1 Å². The maximum atomic E-state index is 5.98. The van der Waals surface area contributed by atoms with Gasteiger partial charge in [-0.2, -0.15) is 0 Å². The second-order valence-electron chi connectivity index (χ2n) is 3.49. The van der Waals surface area contributed by atoms with Crippen molar-refractivity contribution >= 4 is 12.4 Å². The first-order valence-corrected chi connectivity index (χ1v) is 3.65. The van der Waals surface area contributed by atoms with E-state index in [1.165, 1.54) is 19.3 Å². The summed E-state index contributed by atoms with van der Waals surface area (Å²) < 4.78 is 5.33. The van der Waals surface area contributed by atoms with Crippen molar-refractivity contribution < 1.29 is 4.74 Å². The first-order chi connectivity index (χ1) is 4.29. The largest absolute Gasteiger partial charge is 0.379 e. The van der Waals surface area contributed by atoms with Gasteiger partial charge in [-0.25, -0.2) is 0 Å². The average molecular weight is 164 g/mol. The van der Waals surface area contributed by atoms with Crippen LogP contribution in [0.5, 0.6) is 0 Å². The van der Waals surface area contributed by atoms with Crippen molar-refractivity contribution in [1.29, 1.82) is 0 Å². The lowest BCUT2D eigenvalue weighted by molar-refractivity contribution is 0.0341. The second kappa shape index (κ2) is 2.68. The van der Waals surface area contributed by atoms with E-state index >= 15 is 0 Å². The van der Waals surface area contributed by atoms with Gasteiger partial charge in [0.2, 0.25) is 0 Å².